The van der Waals surface area contributed by atoms with Gasteiger partial charge in [0.2, 0.25) is 0 Å². The lowest BCUT2D eigenvalue weighted by molar-refractivity contribution is -0.147. The van der Waals surface area contributed by atoms with Crippen LogP contribution in [0.3, 0.4) is 0 Å². The first-order chi connectivity index (χ1) is 6.40. The molecule has 0 aromatic rings. The van der Waals surface area contributed by atoms with E-state index in [-0.39, 0.29) is 5.41 Å². The summed E-state index contributed by atoms with van der Waals surface area (Å²) < 4.78 is 0. The fourth-order valence-electron chi connectivity index (χ4n) is 3.23. The van der Waals surface area contributed by atoms with Crippen LogP contribution in [-0.4, -0.2) is 36.1 Å². The molecule has 0 amide bonds. The quantitative estimate of drug-likeness (QED) is 0.728. The van der Waals surface area contributed by atoms with Crippen molar-refractivity contribution in [3.8, 4) is 0 Å². The first-order valence-corrected chi connectivity index (χ1v) is 5.32. The van der Waals surface area contributed by atoms with Crippen LogP contribution in [0.25, 0.3) is 0 Å². The van der Waals surface area contributed by atoms with Crippen LogP contribution in [0.15, 0.2) is 0 Å². The normalized spacial score (nSPS) is 41.2. The molecule has 2 fully saturated rings. The van der Waals surface area contributed by atoms with Gasteiger partial charge in [0.15, 0.2) is 0 Å². The highest BCUT2D eigenvalue weighted by molar-refractivity contribution is 5.80. The number of carboxylic acid groups (broad SMARTS) is 1. The van der Waals surface area contributed by atoms with Crippen molar-refractivity contribution in [1.82, 2.24) is 4.90 Å². The monoisotopic (exact) mass is 197 g/mol. The van der Waals surface area contributed by atoms with Crippen molar-refractivity contribution < 1.29 is 9.90 Å². The van der Waals surface area contributed by atoms with Gasteiger partial charge >= 0.3 is 5.97 Å². The average Bonchev–Trinajstić information content (AvgIpc) is 2.44. The Bertz CT molecular complexity index is 274. The standard InChI is InChI=1S/C11H19NO2/c1-10(2)7-11(10,9(13)14)8-4-5-12(3)6-8/h8H,4-7H2,1-3H3,(H,13,14). The fraction of sp³-hybridized carbons (Fsp3) is 0.909. The summed E-state index contributed by atoms with van der Waals surface area (Å²) in [4.78, 5) is 13.6. The van der Waals surface area contributed by atoms with Gasteiger partial charge in [0.05, 0.1) is 5.41 Å². The number of nitrogens with zero attached hydrogens (tertiary/aromatic N) is 1. The SMILES string of the molecule is CN1CCC(C2(C(=O)O)CC2(C)C)C1. The van der Waals surface area contributed by atoms with Crippen LogP contribution >= 0.6 is 0 Å². The van der Waals surface area contributed by atoms with Gasteiger partial charge in [-0.1, -0.05) is 13.8 Å². The number of hydrogen-bond donors (Lipinski definition) is 1. The third-order valence-electron chi connectivity index (χ3n) is 4.27. The Labute approximate surface area is 85.1 Å². The molecular formula is C11H19NO2. The summed E-state index contributed by atoms with van der Waals surface area (Å²) in [5.74, 6) is -0.220. The molecule has 1 aliphatic heterocycles. The molecule has 3 heteroatoms. The van der Waals surface area contributed by atoms with E-state index in [1.807, 2.05) is 0 Å². The molecule has 2 atom stereocenters. The number of carbonyl (C=O) groups is 1. The largest absolute Gasteiger partial charge is 0.481 e. The lowest BCUT2D eigenvalue weighted by atomic mass is 9.82. The van der Waals surface area contributed by atoms with Crippen LogP contribution in [0.5, 0.6) is 0 Å². The topological polar surface area (TPSA) is 40.5 Å². The predicted octanol–water partition coefficient (Wildman–Crippen LogP) is 1.44. The summed E-state index contributed by atoms with van der Waals surface area (Å²) >= 11 is 0. The van der Waals surface area contributed by atoms with E-state index >= 15 is 0 Å². The fourth-order valence-corrected chi connectivity index (χ4v) is 3.23. The van der Waals surface area contributed by atoms with Crippen molar-refractivity contribution in [3.63, 3.8) is 0 Å². The molecule has 1 heterocycles. The first kappa shape index (κ1) is 9.97. The van der Waals surface area contributed by atoms with Gasteiger partial charge in [-0.15, -0.1) is 0 Å². The molecule has 2 rings (SSSR count). The van der Waals surface area contributed by atoms with Gasteiger partial charge in [0.25, 0.3) is 0 Å². The van der Waals surface area contributed by atoms with Crippen molar-refractivity contribution in [3.05, 3.63) is 0 Å². The van der Waals surface area contributed by atoms with Gasteiger partial charge in [-0.25, -0.2) is 0 Å². The van der Waals surface area contributed by atoms with Gasteiger partial charge in [-0.05, 0) is 37.8 Å². The highest BCUT2D eigenvalue weighted by Crippen LogP contribution is 2.68. The molecule has 14 heavy (non-hydrogen) atoms. The minimum atomic E-state index is -0.581. The van der Waals surface area contributed by atoms with E-state index in [1.165, 1.54) is 0 Å². The second-order valence-corrected chi connectivity index (χ2v) is 5.59. The van der Waals surface area contributed by atoms with Gasteiger partial charge in [-0.3, -0.25) is 4.79 Å². The van der Waals surface area contributed by atoms with Gasteiger partial charge in [-0.2, -0.15) is 0 Å². The van der Waals surface area contributed by atoms with Crippen LogP contribution in [0.1, 0.15) is 26.7 Å². The molecule has 0 bridgehead atoms. The van der Waals surface area contributed by atoms with Crippen molar-refractivity contribution in [1.29, 1.82) is 0 Å². The van der Waals surface area contributed by atoms with E-state index in [1.54, 1.807) is 0 Å². The van der Waals surface area contributed by atoms with Crippen LogP contribution in [0, 0.1) is 16.7 Å². The van der Waals surface area contributed by atoms with Crippen molar-refractivity contribution in [2.24, 2.45) is 16.7 Å². The van der Waals surface area contributed by atoms with Gasteiger partial charge in [0, 0.05) is 6.54 Å². The Morgan fingerprint density at radius 1 is 1.50 bits per heavy atom. The summed E-state index contributed by atoms with van der Waals surface area (Å²) in [7, 11) is 2.07. The molecule has 2 aliphatic rings. The third-order valence-corrected chi connectivity index (χ3v) is 4.27. The molecule has 80 valence electrons. The Hall–Kier alpha value is -0.570. The highest BCUT2D eigenvalue weighted by Gasteiger charge is 2.70. The summed E-state index contributed by atoms with van der Waals surface area (Å²) in [6.07, 6.45) is 1.90. The zero-order valence-electron chi connectivity index (χ0n) is 9.21. The van der Waals surface area contributed by atoms with Crippen molar-refractivity contribution in [2.75, 3.05) is 20.1 Å². The number of rotatable bonds is 2. The maximum absolute atomic E-state index is 11.4. The van der Waals surface area contributed by atoms with Crippen molar-refractivity contribution in [2.45, 2.75) is 26.7 Å². The maximum Gasteiger partial charge on any atom is 0.310 e. The maximum atomic E-state index is 11.4. The third kappa shape index (κ3) is 1.11. The van der Waals surface area contributed by atoms with Crippen molar-refractivity contribution >= 4 is 5.97 Å². The smallest absolute Gasteiger partial charge is 0.310 e. The van der Waals surface area contributed by atoms with Crippen LogP contribution in [-0.2, 0) is 4.79 Å². The summed E-state index contributed by atoms with van der Waals surface area (Å²) in [5.41, 5.74) is -0.410. The van der Waals surface area contributed by atoms with Crippen LogP contribution < -0.4 is 0 Å². The molecule has 1 aliphatic carbocycles. The Morgan fingerprint density at radius 2 is 2.07 bits per heavy atom. The molecule has 0 radical (unpaired) electrons. The highest BCUT2D eigenvalue weighted by atomic mass is 16.4. The average molecular weight is 197 g/mol. The second-order valence-electron chi connectivity index (χ2n) is 5.59. The zero-order chi connectivity index (χ0) is 10.6. The molecular weight excluding hydrogens is 178 g/mol. The van der Waals surface area contributed by atoms with E-state index in [9.17, 15) is 9.90 Å². The summed E-state index contributed by atoms with van der Waals surface area (Å²) in [5, 5.41) is 9.37. The number of hydrogen-bond acceptors (Lipinski definition) is 2. The van der Waals surface area contributed by atoms with E-state index < -0.39 is 11.4 Å². The lowest BCUT2D eigenvalue weighted by Crippen LogP contribution is -2.31. The first-order valence-electron chi connectivity index (χ1n) is 5.32. The van der Waals surface area contributed by atoms with E-state index in [4.69, 9.17) is 0 Å². The van der Waals surface area contributed by atoms with E-state index in [0.29, 0.717) is 5.92 Å². The summed E-state index contributed by atoms with van der Waals surface area (Å²) in [6.45, 7) is 6.17. The molecule has 1 N–H and O–H groups in total. The lowest BCUT2D eigenvalue weighted by Gasteiger charge is -2.22. The molecule has 0 aromatic carbocycles. The van der Waals surface area contributed by atoms with E-state index in [0.717, 1.165) is 25.9 Å². The molecule has 1 saturated carbocycles. The van der Waals surface area contributed by atoms with Gasteiger partial charge in [0.1, 0.15) is 0 Å². The Kier molecular flexibility index (Phi) is 1.94. The predicted molar refractivity (Wildman–Crippen MR) is 54.1 cm³/mol. The van der Waals surface area contributed by atoms with Gasteiger partial charge < -0.3 is 10.0 Å². The minimum Gasteiger partial charge on any atom is -0.481 e. The second kappa shape index (κ2) is 2.72. The Morgan fingerprint density at radius 3 is 2.36 bits per heavy atom. The number of aliphatic carboxylic acids is 1. The minimum absolute atomic E-state index is 0.00861. The molecule has 0 aromatic heterocycles. The number of likely N-dealkylation sites (tertiary alicyclic amines) is 1. The van der Waals surface area contributed by atoms with E-state index in [2.05, 4.69) is 25.8 Å². The molecule has 2 unspecified atom stereocenters. The van der Waals surface area contributed by atoms with Crippen LogP contribution in [0.4, 0.5) is 0 Å². The van der Waals surface area contributed by atoms with Crippen LogP contribution in [0.2, 0.25) is 0 Å². The summed E-state index contributed by atoms with van der Waals surface area (Å²) in [6, 6.07) is 0. The zero-order valence-corrected chi connectivity index (χ0v) is 9.21. The molecule has 0 spiro atoms. The Balaban J connectivity index is 2.19. The molecule has 1 saturated heterocycles. The molecule has 3 nitrogen and oxygen atoms in total. The number of carboxylic acids is 1.